The summed E-state index contributed by atoms with van der Waals surface area (Å²) in [5.74, 6) is -0.324. The number of nitrogens with one attached hydrogen (secondary N) is 1. The van der Waals surface area contributed by atoms with E-state index < -0.39 is 0 Å². The molecule has 1 rings (SSSR count). The molecule has 1 aromatic rings. The van der Waals surface area contributed by atoms with Gasteiger partial charge in [0.05, 0.1) is 12.8 Å². The maximum atomic E-state index is 11.3. The zero-order chi connectivity index (χ0) is 9.68. The first-order chi connectivity index (χ1) is 6.24. The van der Waals surface area contributed by atoms with Gasteiger partial charge < -0.3 is 10.4 Å². The predicted octanol–water partition coefficient (Wildman–Crippen LogP) is -0.413. The van der Waals surface area contributed by atoms with E-state index in [1.807, 2.05) is 0 Å². The van der Waals surface area contributed by atoms with Gasteiger partial charge in [-0.3, -0.25) is 9.78 Å². The summed E-state index contributed by atoms with van der Waals surface area (Å²) in [4.78, 5) is 18.9. The third kappa shape index (κ3) is 2.79. The maximum absolute atomic E-state index is 11.3. The molecule has 13 heavy (non-hydrogen) atoms. The molecule has 0 fully saturated rings. The van der Waals surface area contributed by atoms with Crippen molar-refractivity contribution in [3.8, 4) is 0 Å². The molecular weight excluding hydrogens is 170 g/mol. The molecule has 0 bridgehead atoms. The monoisotopic (exact) mass is 181 g/mol. The van der Waals surface area contributed by atoms with Crippen molar-refractivity contribution in [1.29, 1.82) is 0 Å². The summed E-state index contributed by atoms with van der Waals surface area (Å²) in [5, 5.41) is 11.2. The van der Waals surface area contributed by atoms with Gasteiger partial charge in [0.2, 0.25) is 0 Å². The van der Waals surface area contributed by atoms with E-state index in [1.165, 1.54) is 18.6 Å². The molecule has 0 aliphatic rings. The summed E-state index contributed by atoms with van der Waals surface area (Å²) in [5.41, 5.74) is 0.253. The molecule has 1 aromatic heterocycles. The number of aliphatic hydroxyl groups excluding tert-OH is 1. The van der Waals surface area contributed by atoms with Gasteiger partial charge in [-0.2, -0.15) is 0 Å². The molecule has 1 heterocycles. The van der Waals surface area contributed by atoms with E-state index in [0.29, 0.717) is 0 Å². The van der Waals surface area contributed by atoms with Gasteiger partial charge in [-0.15, -0.1) is 0 Å². The fourth-order valence-corrected chi connectivity index (χ4v) is 0.760. The molecular formula is C8H11N3O2. The number of rotatable bonds is 3. The quantitative estimate of drug-likeness (QED) is 0.664. The van der Waals surface area contributed by atoms with Gasteiger partial charge in [-0.1, -0.05) is 0 Å². The van der Waals surface area contributed by atoms with Crippen LogP contribution in [0, 0.1) is 0 Å². The molecule has 5 heteroatoms. The molecule has 0 saturated heterocycles. The molecule has 0 unspecified atom stereocenters. The minimum absolute atomic E-state index is 0.0913. The molecule has 0 spiro atoms. The highest BCUT2D eigenvalue weighted by molar-refractivity contribution is 5.92. The Morgan fingerprint density at radius 2 is 2.46 bits per heavy atom. The first-order valence-electron chi connectivity index (χ1n) is 3.91. The minimum atomic E-state index is -0.324. The van der Waals surface area contributed by atoms with Gasteiger partial charge in [0, 0.05) is 18.4 Å². The molecule has 0 saturated carbocycles. The highest BCUT2D eigenvalue weighted by atomic mass is 16.3. The fraction of sp³-hybridized carbons (Fsp3) is 0.375. The van der Waals surface area contributed by atoms with Crippen LogP contribution < -0.4 is 5.32 Å². The Labute approximate surface area is 75.8 Å². The number of aromatic nitrogens is 2. The summed E-state index contributed by atoms with van der Waals surface area (Å²) in [6.07, 6.45) is 4.31. The Balaban J connectivity index is 2.59. The second-order valence-corrected chi connectivity index (χ2v) is 2.65. The Morgan fingerprint density at radius 3 is 3.00 bits per heavy atom. The van der Waals surface area contributed by atoms with Crippen LogP contribution >= 0.6 is 0 Å². The van der Waals surface area contributed by atoms with Crippen molar-refractivity contribution in [3.05, 3.63) is 24.3 Å². The number of aliphatic hydroxyl groups is 1. The topological polar surface area (TPSA) is 75.1 Å². The highest BCUT2D eigenvalue weighted by Gasteiger charge is 2.09. The largest absolute Gasteiger partial charge is 0.394 e. The van der Waals surface area contributed by atoms with Gasteiger partial charge in [0.1, 0.15) is 5.69 Å². The van der Waals surface area contributed by atoms with Crippen LogP contribution in [0.4, 0.5) is 0 Å². The van der Waals surface area contributed by atoms with E-state index in [4.69, 9.17) is 5.11 Å². The van der Waals surface area contributed by atoms with Crippen LogP contribution in [0.5, 0.6) is 0 Å². The summed E-state index contributed by atoms with van der Waals surface area (Å²) in [7, 11) is 0. The Bertz CT molecular complexity index is 276. The third-order valence-corrected chi connectivity index (χ3v) is 1.45. The van der Waals surface area contributed by atoms with E-state index in [2.05, 4.69) is 15.3 Å². The Hall–Kier alpha value is -1.49. The van der Waals surface area contributed by atoms with Crippen LogP contribution in [0.3, 0.4) is 0 Å². The van der Waals surface area contributed by atoms with E-state index >= 15 is 0 Å². The van der Waals surface area contributed by atoms with Crippen molar-refractivity contribution >= 4 is 5.91 Å². The fourth-order valence-electron chi connectivity index (χ4n) is 0.760. The van der Waals surface area contributed by atoms with E-state index in [0.717, 1.165) is 0 Å². The van der Waals surface area contributed by atoms with Gasteiger partial charge >= 0.3 is 0 Å². The average Bonchev–Trinajstić information content (AvgIpc) is 2.19. The first kappa shape index (κ1) is 9.60. The van der Waals surface area contributed by atoms with Gasteiger partial charge in [-0.05, 0) is 6.92 Å². The zero-order valence-corrected chi connectivity index (χ0v) is 7.27. The normalized spacial score (nSPS) is 12.2. The summed E-state index contributed by atoms with van der Waals surface area (Å²) in [6.45, 7) is 1.61. The maximum Gasteiger partial charge on any atom is 0.271 e. The molecule has 2 N–H and O–H groups in total. The lowest BCUT2D eigenvalue weighted by atomic mass is 10.3. The van der Waals surface area contributed by atoms with E-state index in [9.17, 15) is 4.79 Å². The molecule has 0 aliphatic heterocycles. The van der Waals surface area contributed by atoms with Gasteiger partial charge in [0.25, 0.3) is 5.91 Å². The van der Waals surface area contributed by atoms with Crippen LogP contribution in [0.15, 0.2) is 18.6 Å². The van der Waals surface area contributed by atoms with E-state index in [1.54, 1.807) is 6.92 Å². The lowest BCUT2D eigenvalue weighted by molar-refractivity contribution is 0.0917. The summed E-state index contributed by atoms with van der Waals surface area (Å²) < 4.78 is 0. The Morgan fingerprint density at radius 1 is 1.69 bits per heavy atom. The molecule has 0 aliphatic carbocycles. The second kappa shape index (κ2) is 4.51. The van der Waals surface area contributed by atoms with Crippen molar-refractivity contribution in [2.75, 3.05) is 6.61 Å². The number of carbonyl (C=O) groups is 1. The van der Waals surface area contributed by atoms with Gasteiger partial charge in [-0.25, -0.2) is 4.98 Å². The Kier molecular flexibility index (Phi) is 3.33. The van der Waals surface area contributed by atoms with Crippen LogP contribution in [-0.2, 0) is 0 Å². The van der Waals surface area contributed by atoms with Crippen molar-refractivity contribution in [3.63, 3.8) is 0 Å². The third-order valence-electron chi connectivity index (χ3n) is 1.45. The lowest BCUT2D eigenvalue weighted by Gasteiger charge is -2.09. The molecule has 5 nitrogen and oxygen atoms in total. The first-order valence-corrected chi connectivity index (χ1v) is 3.91. The highest BCUT2D eigenvalue weighted by Crippen LogP contribution is 1.90. The number of amides is 1. The second-order valence-electron chi connectivity index (χ2n) is 2.65. The van der Waals surface area contributed by atoms with Crippen molar-refractivity contribution in [1.82, 2.24) is 15.3 Å². The SMILES string of the molecule is C[C@@H](CO)NC(=O)c1cnccn1. The smallest absolute Gasteiger partial charge is 0.271 e. The molecule has 1 amide bonds. The van der Waals surface area contributed by atoms with Crippen LogP contribution in [0.2, 0.25) is 0 Å². The minimum Gasteiger partial charge on any atom is -0.394 e. The molecule has 1 atom stereocenters. The molecule has 0 aromatic carbocycles. The molecule has 70 valence electrons. The standard InChI is InChI=1S/C8H11N3O2/c1-6(5-12)11-8(13)7-4-9-2-3-10-7/h2-4,6,12H,5H2,1H3,(H,11,13)/t6-/m0/s1. The summed E-state index contributed by atoms with van der Waals surface area (Å²) in [6, 6.07) is -0.269. The number of carbonyl (C=O) groups excluding carboxylic acids is 1. The van der Waals surface area contributed by atoms with Crippen LogP contribution in [-0.4, -0.2) is 33.6 Å². The molecule has 0 radical (unpaired) electrons. The number of hydrogen-bond donors (Lipinski definition) is 2. The van der Waals surface area contributed by atoms with Crippen LogP contribution in [0.25, 0.3) is 0 Å². The van der Waals surface area contributed by atoms with E-state index in [-0.39, 0.29) is 24.2 Å². The lowest BCUT2D eigenvalue weighted by Crippen LogP contribution is -2.35. The van der Waals surface area contributed by atoms with Crippen molar-refractivity contribution in [2.45, 2.75) is 13.0 Å². The summed E-state index contributed by atoms with van der Waals surface area (Å²) >= 11 is 0. The number of nitrogens with zero attached hydrogens (tertiary/aromatic N) is 2. The van der Waals surface area contributed by atoms with Crippen molar-refractivity contribution < 1.29 is 9.90 Å². The predicted molar refractivity (Wildman–Crippen MR) is 46.0 cm³/mol. The van der Waals surface area contributed by atoms with Gasteiger partial charge in [0.15, 0.2) is 0 Å². The van der Waals surface area contributed by atoms with Crippen LogP contribution in [0.1, 0.15) is 17.4 Å². The average molecular weight is 181 g/mol. The zero-order valence-electron chi connectivity index (χ0n) is 7.27. The van der Waals surface area contributed by atoms with Crippen molar-refractivity contribution in [2.24, 2.45) is 0 Å². The number of hydrogen-bond acceptors (Lipinski definition) is 4.